The summed E-state index contributed by atoms with van der Waals surface area (Å²) in [5, 5.41) is 18.9. The predicted octanol–water partition coefficient (Wildman–Crippen LogP) is 1.29. The first-order valence-corrected chi connectivity index (χ1v) is 5.30. The summed E-state index contributed by atoms with van der Waals surface area (Å²) in [6.45, 7) is 1.02. The van der Waals surface area contributed by atoms with E-state index in [0.29, 0.717) is 19.5 Å². The molecule has 4 nitrogen and oxygen atoms in total. The lowest BCUT2D eigenvalue weighted by Crippen LogP contribution is -2.51. The Labute approximate surface area is 83.5 Å². The van der Waals surface area contributed by atoms with Crippen LogP contribution in [-0.4, -0.2) is 40.4 Å². The topological polar surface area (TPSA) is 60.8 Å². The summed E-state index contributed by atoms with van der Waals surface area (Å²) < 4.78 is 0. The normalized spacial score (nSPS) is 30.9. The van der Waals surface area contributed by atoms with Crippen molar-refractivity contribution in [2.24, 2.45) is 5.41 Å². The third kappa shape index (κ3) is 1.47. The molecule has 4 heteroatoms. The monoisotopic (exact) mass is 199 g/mol. The molecule has 0 radical (unpaired) electrons. The molecule has 2 N–H and O–H groups in total. The van der Waals surface area contributed by atoms with Crippen molar-refractivity contribution < 1.29 is 15.0 Å². The second-order valence-electron chi connectivity index (χ2n) is 4.58. The van der Waals surface area contributed by atoms with Gasteiger partial charge in [-0.15, -0.1) is 0 Å². The van der Waals surface area contributed by atoms with E-state index < -0.39 is 6.09 Å². The molecular weight excluding hydrogens is 182 g/mol. The van der Waals surface area contributed by atoms with Gasteiger partial charge in [-0.25, -0.2) is 4.79 Å². The number of amides is 1. The summed E-state index contributed by atoms with van der Waals surface area (Å²) >= 11 is 0. The van der Waals surface area contributed by atoms with Gasteiger partial charge in [0, 0.05) is 18.5 Å². The molecule has 1 aliphatic heterocycles. The number of carbonyl (C=O) groups is 1. The SMILES string of the molecule is O=C(O)N1CCC(O)C2(CCCC2)C1. The molecule has 0 aromatic rings. The maximum Gasteiger partial charge on any atom is 0.407 e. The maximum atomic E-state index is 10.8. The summed E-state index contributed by atoms with van der Waals surface area (Å²) in [7, 11) is 0. The number of carboxylic acid groups (broad SMARTS) is 1. The van der Waals surface area contributed by atoms with Crippen LogP contribution in [0.25, 0.3) is 0 Å². The van der Waals surface area contributed by atoms with Gasteiger partial charge in [-0.05, 0) is 19.3 Å². The first-order valence-electron chi connectivity index (χ1n) is 5.30. The molecule has 80 valence electrons. The second kappa shape index (κ2) is 3.42. The lowest BCUT2D eigenvalue weighted by Gasteiger charge is -2.43. The highest BCUT2D eigenvalue weighted by Gasteiger charge is 2.45. The molecule has 1 spiro atoms. The van der Waals surface area contributed by atoms with E-state index in [1.807, 2.05) is 0 Å². The van der Waals surface area contributed by atoms with Gasteiger partial charge in [0.05, 0.1) is 6.10 Å². The Morgan fingerprint density at radius 3 is 2.57 bits per heavy atom. The highest BCUT2D eigenvalue weighted by Crippen LogP contribution is 2.44. The van der Waals surface area contributed by atoms with Gasteiger partial charge in [-0.3, -0.25) is 0 Å². The quantitative estimate of drug-likeness (QED) is 0.618. The third-order valence-electron chi connectivity index (χ3n) is 3.75. The number of hydrogen-bond acceptors (Lipinski definition) is 2. The highest BCUT2D eigenvalue weighted by atomic mass is 16.4. The third-order valence-corrected chi connectivity index (χ3v) is 3.75. The zero-order valence-corrected chi connectivity index (χ0v) is 8.28. The number of piperidine rings is 1. The fourth-order valence-electron chi connectivity index (χ4n) is 2.88. The van der Waals surface area contributed by atoms with Crippen LogP contribution < -0.4 is 0 Å². The molecule has 1 heterocycles. The Kier molecular flexibility index (Phi) is 2.39. The zero-order chi connectivity index (χ0) is 10.2. The zero-order valence-electron chi connectivity index (χ0n) is 8.28. The molecule has 0 aromatic carbocycles. The minimum absolute atomic E-state index is 0.114. The maximum absolute atomic E-state index is 10.8. The van der Waals surface area contributed by atoms with Crippen LogP contribution in [0.15, 0.2) is 0 Å². The van der Waals surface area contributed by atoms with Crippen LogP contribution in [-0.2, 0) is 0 Å². The molecule has 2 rings (SSSR count). The molecule has 1 aliphatic carbocycles. The lowest BCUT2D eigenvalue weighted by molar-refractivity contribution is -0.0358. The van der Waals surface area contributed by atoms with E-state index in [1.54, 1.807) is 0 Å². The van der Waals surface area contributed by atoms with Crippen LogP contribution in [0.4, 0.5) is 4.79 Å². The average Bonchev–Trinajstić information content (AvgIpc) is 2.59. The van der Waals surface area contributed by atoms with Gasteiger partial charge in [-0.2, -0.15) is 0 Å². The van der Waals surface area contributed by atoms with E-state index in [0.717, 1.165) is 25.7 Å². The second-order valence-corrected chi connectivity index (χ2v) is 4.58. The molecule has 14 heavy (non-hydrogen) atoms. The molecular formula is C10H17NO3. The molecule has 0 aromatic heterocycles. The largest absolute Gasteiger partial charge is 0.465 e. The van der Waals surface area contributed by atoms with Crippen LogP contribution >= 0.6 is 0 Å². The fourth-order valence-corrected chi connectivity index (χ4v) is 2.88. The van der Waals surface area contributed by atoms with Gasteiger partial charge in [-0.1, -0.05) is 12.8 Å². The summed E-state index contributed by atoms with van der Waals surface area (Å²) in [5.41, 5.74) is -0.114. The smallest absolute Gasteiger partial charge is 0.407 e. The van der Waals surface area contributed by atoms with Crippen LogP contribution in [0, 0.1) is 5.41 Å². The molecule has 1 atom stereocenters. The first kappa shape index (κ1) is 9.77. The molecule has 1 amide bonds. The van der Waals surface area contributed by atoms with E-state index in [4.69, 9.17) is 5.11 Å². The van der Waals surface area contributed by atoms with Crippen molar-refractivity contribution >= 4 is 6.09 Å². The summed E-state index contributed by atoms with van der Waals surface area (Å²) in [5.74, 6) is 0. The van der Waals surface area contributed by atoms with E-state index in [1.165, 1.54) is 4.90 Å². The molecule has 1 unspecified atom stereocenters. The van der Waals surface area contributed by atoms with Crippen LogP contribution in [0.3, 0.4) is 0 Å². The molecule has 1 saturated heterocycles. The Balaban J connectivity index is 2.10. The number of aliphatic hydroxyl groups is 1. The molecule has 0 bridgehead atoms. The number of nitrogens with zero attached hydrogens (tertiary/aromatic N) is 1. The van der Waals surface area contributed by atoms with Crippen LogP contribution in [0.5, 0.6) is 0 Å². The van der Waals surface area contributed by atoms with E-state index in [9.17, 15) is 9.90 Å². The number of aliphatic hydroxyl groups excluding tert-OH is 1. The molecule has 2 aliphatic rings. The Bertz CT molecular complexity index is 236. The van der Waals surface area contributed by atoms with Crippen molar-refractivity contribution in [1.82, 2.24) is 4.90 Å². The first-order chi connectivity index (χ1) is 6.64. The van der Waals surface area contributed by atoms with Gasteiger partial charge >= 0.3 is 6.09 Å². The van der Waals surface area contributed by atoms with Gasteiger partial charge in [0.2, 0.25) is 0 Å². The fraction of sp³-hybridized carbons (Fsp3) is 0.900. The average molecular weight is 199 g/mol. The van der Waals surface area contributed by atoms with Crippen molar-refractivity contribution in [2.75, 3.05) is 13.1 Å². The minimum Gasteiger partial charge on any atom is -0.465 e. The molecule has 1 saturated carbocycles. The lowest BCUT2D eigenvalue weighted by atomic mass is 9.76. The van der Waals surface area contributed by atoms with Crippen LogP contribution in [0.1, 0.15) is 32.1 Å². The van der Waals surface area contributed by atoms with Crippen molar-refractivity contribution in [3.05, 3.63) is 0 Å². The van der Waals surface area contributed by atoms with Crippen molar-refractivity contribution in [3.8, 4) is 0 Å². The van der Waals surface area contributed by atoms with Crippen molar-refractivity contribution in [1.29, 1.82) is 0 Å². The van der Waals surface area contributed by atoms with Crippen molar-refractivity contribution in [2.45, 2.75) is 38.2 Å². The van der Waals surface area contributed by atoms with Crippen molar-refractivity contribution in [3.63, 3.8) is 0 Å². The minimum atomic E-state index is -0.844. The van der Waals surface area contributed by atoms with E-state index >= 15 is 0 Å². The standard InChI is InChI=1S/C10H17NO3/c12-8-3-6-11(9(13)14)7-10(8)4-1-2-5-10/h8,12H,1-7H2,(H,13,14). The number of hydrogen-bond donors (Lipinski definition) is 2. The predicted molar refractivity (Wildman–Crippen MR) is 51.1 cm³/mol. The Morgan fingerprint density at radius 2 is 2.00 bits per heavy atom. The van der Waals surface area contributed by atoms with Gasteiger partial charge in [0.25, 0.3) is 0 Å². The molecule has 2 fully saturated rings. The summed E-state index contributed by atoms with van der Waals surface area (Å²) in [6.07, 6.45) is 3.70. The Morgan fingerprint density at radius 1 is 1.36 bits per heavy atom. The number of likely N-dealkylation sites (tertiary alicyclic amines) is 1. The summed E-state index contributed by atoms with van der Waals surface area (Å²) in [6, 6.07) is 0. The van der Waals surface area contributed by atoms with E-state index in [-0.39, 0.29) is 11.5 Å². The number of rotatable bonds is 0. The van der Waals surface area contributed by atoms with Gasteiger partial charge < -0.3 is 15.1 Å². The van der Waals surface area contributed by atoms with Gasteiger partial charge in [0.1, 0.15) is 0 Å². The van der Waals surface area contributed by atoms with Crippen LogP contribution in [0.2, 0.25) is 0 Å². The van der Waals surface area contributed by atoms with E-state index in [2.05, 4.69) is 0 Å². The summed E-state index contributed by atoms with van der Waals surface area (Å²) in [4.78, 5) is 12.3. The highest BCUT2D eigenvalue weighted by molar-refractivity contribution is 5.65. The Hall–Kier alpha value is -0.770. The van der Waals surface area contributed by atoms with Gasteiger partial charge in [0.15, 0.2) is 0 Å².